The van der Waals surface area contributed by atoms with Crippen LogP contribution in [-0.2, 0) is 11.2 Å². The van der Waals surface area contributed by atoms with Gasteiger partial charge in [0.05, 0.1) is 17.6 Å². The number of carbonyl (C=O) groups excluding carboxylic acids is 2. The topological polar surface area (TPSA) is 116 Å². The van der Waals surface area contributed by atoms with Crippen molar-refractivity contribution < 1.29 is 28.0 Å². The van der Waals surface area contributed by atoms with Gasteiger partial charge in [-0.15, -0.1) is 0 Å². The zero-order valence-electron chi connectivity index (χ0n) is 13.5. The Morgan fingerprint density at radius 2 is 2.04 bits per heavy atom. The average Bonchev–Trinajstić information content (AvgIpc) is 3.09. The first-order valence-corrected chi connectivity index (χ1v) is 7.29. The quantitative estimate of drug-likeness (QED) is 0.454. The standard InChI is InChI=1S/C15H14F2N4O5/c1-26-14(23)10-6-9(7-11(8-10)21(24)25)13(22)19-3-2-12-18-4-5-20(12)15(16)17/h4-8,15H,2-3H2,1H3,(H,19,22). The lowest BCUT2D eigenvalue weighted by Crippen LogP contribution is -2.27. The molecule has 9 nitrogen and oxygen atoms in total. The Morgan fingerprint density at radius 1 is 1.35 bits per heavy atom. The molecule has 1 amide bonds. The summed E-state index contributed by atoms with van der Waals surface area (Å²) in [6.07, 6.45) is 2.36. The van der Waals surface area contributed by atoms with Gasteiger partial charge in [0, 0.05) is 43.1 Å². The highest BCUT2D eigenvalue weighted by Gasteiger charge is 2.18. The van der Waals surface area contributed by atoms with Gasteiger partial charge < -0.3 is 10.1 Å². The summed E-state index contributed by atoms with van der Waals surface area (Å²) in [7, 11) is 1.10. The van der Waals surface area contributed by atoms with Crippen molar-refractivity contribution in [2.75, 3.05) is 13.7 Å². The zero-order valence-corrected chi connectivity index (χ0v) is 13.5. The number of nitro groups is 1. The van der Waals surface area contributed by atoms with E-state index in [4.69, 9.17) is 0 Å². The minimum atomic E-state index is -2.75. The van der Waals surface area contributed by atoms with E-state index in [-0.39, 0.29) is 29.9 Å². The number of carbonyl (C=O) groups is 2. The Bertz CT molecular complexity index is 837. The normalized spacial score (nSPS) is 10.6. The monoisotopic (exact) mass is 368 g/mol. The van der Waals surface area contributed by atoms with Crippen molar-refractivity contribution in [3.8, 4) is 0 Å². The van der Waals surface area contributed by atoms with Crippen molar-refractivity contribution in [2.24, 2.45) is 0 Å². The van der Waals surface area contributed by atoms with Crippen LogP contribution in [0.1, 0.15) is 33.1 Å². The summed E-state index contributed by atoms with van der Waals surface area (Å²) in [4.78, 5) is 37.7. The van der Waals surface area contributed by atoms with Crippen LogP contribution in [0.4, 0.5) is 14.5 Å². The number of ether oxygens (including phenoxy) is 1. The molecule has 0 radical (unpaired) electrons. The summed E-state index contributed by atoms with van der Waals surface area (Å²) in [5.41, 5.74) is -0.733. The second kappa shape index (κ2) is 8.14. The number of non-ortho nitro benzene ring substituents is 1. The maximum Gasteiger partial charge on any atom is 0.338 e. The summed E-state index contributed by atoms with van der Waals surface area (Å²) in [5, 5.41) is 13.4. The highest BCUT2D eigenvalue weighted by atomic mass is 19.3. The molecule has 0 atom stereocenters. The predicted molar refractivity (Wildman–Crippen MR) is 84.0 cm³/mol. The zero-order chi connectivity index (χ0) is 19.3. The summed E-state index contributed by atoms with van der Waals surface area (Å²) >= 11 is 0. The van der Waals surface area contributed by atoms with Crippen LogP contribution in [0.2, 0.25) is 0 Å². The number of benzene rings is 1. The maximum atomic E-state index is 12.7. The van der Waals surface area contributed by atoms with Crippen molar-refractivity contribution in [1.82, 2.24) is 14.9 Å². The molecule has 0 saturated heterocycles. The molecule has 0 aliphatic rings. The van der Waals surface area contributed by atoms with Gasteiger partial charge in [0.15, 0.2) is 0 Å². The Labute approximate surface area is 145 Å². The van der Waals surface area contributed by atoms with Gasteiger partial charge in [0.2, 0.25) is 0 Å². The number of nitrogens with zero attached hydrogens (tertiary/aromatic N) is 3. The number of amides is 1. The van der Waals surface area contributed by atoms with Crippen LogP contribution in [0.3, 0.4) is 0 Å². The van der Waals surface area contributed by atoms with Crippen LogP contribution < -0.4 is 5.32 Å². The van der Waals surface area contributed by atoms with E-state index in [1.54, 1.807) is 0 Å². The van der Waals surface area contributed by atoms with Crippen molar-refractivity contribution in [3.05, 3.63) is 57.7 Å². The van der Waals surface area contributed by atoms with Crippen LogP contribution in [0.15, 0.2) is 30.6 Å². The van der Waals surface area contributed by atoms with E-state index in [1.165, 1.54) is 6.20 Å². The lowest BCUT2D eigenvalue weighted by molar-refractivity contribution is -0.384. The molecule has 1 heterocycles. The molecular weight excluding hydrogens is 354 g/mol. The molecule has 1 N–H and O–H groups in total. The van der Waals surface area contributed by atoms with Crippen LogP contribution in [0.25, 0.3) is 0 Å². The number of imidazole rings is 1. The molecule has 1 aromatic carbocycles. The fourth-order valence-electron chi connectivity index (χ4n) is 2.19. The molecular formula is C15H14F2N4O5. The van der Waals surface area contributed by atoms with Gasteiger partial charge in [0.25, 0.3) is 11.6 Å². The average molecular weight is 368 g/mol. The third kappa shape index (κ3) is 4.37. The van der Waals surface area contributed by atoms with E-state index >= 15 is 0 Å². The second-order valence-electron chi connectivity index (χ2n) is 5.05. The number of hydrogen-bond acceptors (Lipinski definition) is 6. The Hall–Kier alpha value is -3.37. The summed E-state index contributed by atoms with van der Waals surface area (Å²) in [5.74, 6) is -1.45. The molecule has 0 aliphatic carbocycles. The summed E-state index contributed by atoms with van der Waals surface area (Å²) < 4.78 is 30.6. The molecule has 0 fully saturated rings. The number of esters is 1. The Morgan fingerprint density at radius 3 is 2.65 bits per heavy atom. The van der Waals surface area contributed by atoms with E-state index < -0.39 is 29.0 Å². The van der Waals surface area contributed by atoms with Gasteiger partial charge in [-0.3, -0.25) is 19.5 Å². The van der Waals surface area contributed by atoms with Crippen LogP contribution in [0, 0.1) is 10.1 Å². The number of alkyl halides is 2. The third-order valence-electron chi connectivity index (χ3n) is 3.41. The lowest BCUT2D eigenvalue weighted by atomic mass is 10.1. The smallest absolute Gasteiger partial charge is 0.338 e. The number of nitrogens with one attached hydrogen (secondary N) is 1. The van der Waals surface area contributed by atoms with Crippen molar-refractivity contribution in [1.29, 1.82) is 0 Å². The second-order valence-corrected chi connectivity index (χ2v) is 5.05. The van der Waals surface area contributed by atoms with E-state index in [0.717, 1.165) is 31.5 Å². The molecule has 2 aromatic rings. The molecule has 26 heavy (non-hydrogen) atoms. The van der Waals surface area contributed by atoms with Gasteiger partial charge >= 0.3 is 12.5 Å². The van der Waals surface area contributed by atoms with Crippen LogP contribution in [0.5, 0.6) is 0 Å². The van der Waals surface area contributed by atoms with E-state index in [9.17, 15) is 28.5 Å². The number of rotatable bonds is 7. The Balaban J connectivity index is 2.11. The first kappa shape index (κ1) is 19.0. The van der Waals surface area contributed by atoms with E-state index in [0.29, 0.717) is 4.57 Å². The van der Waals surface area contributed by atoms with Crippen molar-refractivity contribution >= 4 is 17.6 Å². The van der Waals surface area contributed by atoms with Gasteiger partial charge in [-0.25, -0.2) is 9.78 Å². The molecule has 0 bridgehead atoms. The van der Waals surface area contributed by atoms with Crippen LogP contribution in [-0.4, -0.2) is 40.0 Å². The minimum Gasteiger partial charge on any atom is -0.465 e. The van der Waals surface area contributed by atoms with Crippen molar-refractivity contribution in [3.63, 3.8) is 0 Å². The van der Waals surface area contributed by atoms with Crippen LogP contribution >= 0.6 is 0 Å². The van der Waals surface area contributed by atoms with E-state index in [2.05, 4.69) is 15.0 Å². The van der Waals surface area contributed by atoms with Gasteiger partial charge in [-0.05, 0) is 6.07 Å². The predicted octanol–water partition coefficient (Wildman–Crippen LogP) is 1.95. The van der Waals surface area contributed by atoms with E-state index in [1.807, 2.05) is 0 Å². The minimum absolute atomic E-state index is 0.0290. The number of hydrogen-bond donors (Lipinski definition) is 1. The number of halogens is 2. The molecule has 0 saturated carbocycles. The summed E-state index contributed by atoms with van der Waals surface area (Å²) in [6, 6.07) is 3.14. The molecule has 0 unspecified atom stereocenters. The summed E-state index contributed by atoms with van der Waals surface area (Å²) in [6.45, 7) is -2.78. The molecule has 138 valence electrons. The first-order valence-electron chi connectivity index (χ1n) is 7.29. The van der Waals surface area contributed by atoms with Gasteiger partial charge in [0.1, 0.15) is 5.82 Å². The van der Waals surface area contributed by atoms with Gasteiger partial charge in [-0.1, -0.05) is 0 Å². The molecule has 2 rings (SSSR count). The maximum absolute atomic E-state index is 12.7. The molecule has 0 aliphatic heterocycles. The number of nitro benzene ring substituents is 1. The van der Waals surface area contributed by atoms with Gasteiger partial charge in [-0.2, -0.15) is 8.78 Å². The molecule has 11 heteroatoms. The highest BCUT2D eigenvalue weighted by molar-refractivity contribution is 5.98. The van der Waals surface area contributed by atoms with Crippen molar-refractivity contribution in [2.45, 2.75) is 13.0 Å². The third-order valence-corrected chi connectivity index (χ3v) is 3.41. The largest absolute Gasteiger partial charge is 0.465 e. The fourth-order valence-corrected chi connectivity index (χ4v) is 2.19. The Kier molecular flexibility index (Phi) is 5.94. The molecule has 1 aromatic heterocycles. The highest BCUT2D eigenvalue weighted by Crippen LogP contribution is 2.18. The first-order chi connectivity index (χ1) is 12.3. The fraction of sp³-hybridized carbons (Fsp3) is 0.267. The lowest BCUT2D eigenvalue weighted by Gasteiger charge is -2.08. The SMILES string of the molecule is COC(=O)c1cc(C(=O)NCCc2nccn2C(F)F)cc([N+](=O)[O-])c1. The number of methoxy groups -OCH3 is 1. The number of aromatic nitrogens is 2. The molecule has 0 spiro atoms.